The van der Waals surface area contributed by atoms with Crippen LogP contribution < -0.4 is 5.76 Å². The van der Waals surface area contributed by atoms with Crippen LogP contribution in [0, 0.1) is 5.82 Å². The predicted molar refractivity (Wildman–Crippen MR) is 47.5 cm³/mol. The van der Waals surface area contributed by atoms with Crippen LogP contribution in [-0.2, 0) is 6.18 Å². The smallest absolute Gasteiger partial charge is 0.388 e. The lowest BCUT2D eigenvalue weighted by molar-refractivity contribution is -0.139. The third-order valence-electron chi connectivity index (χ3n) is 1.97. The van der Waals surface area contributed by atoms with Crippen molar-refractivity contribution in [2.75, 3.05) is 0 Å². The van der Waals surface area contributed by atoms with Crippen LogP contribution in [0.25, 0.3) is 11.5 Å². The lowest BCUT2D eigenvalue weighted by atomic mass is 10.1. The Morgan fingerprint density at radius 3 is 2.53 bits per heavy atom. The zero-order valence-corrected chi connectivity index (χ0v) is 8.01. The van der Waals surface area contributed by atoms with Crippen molar-refractivity contribution >= 4 is 0 Å². The highest BCUT2D eigenvalue weighted by Crippen LogP contribution is 2.34. The highest BCUT2D eigenvalue weighted by Gasteiger charge is 2.35. The van der Waals surface area contributed by atoms with E-state index in [1.165, 1.54) is 0 Å². The van der Waals surface area contributed by atoms with Crippen LogP contribution in [0.5, 0.6) is 0 Å². The molecule has 4 nitrogen and oxygen atoms in total. The summed E-state index contributed by atoms with van der Waals surface area (Å²) in [6.45, 7) is 0. The summed E-state index contributed by atoms with van der Waals surface area (Å²) in [6, 6.07) is 2.61. The summed E-state index contributed by atoms with van der Waals surface area (Å²) in [4.78, 5) is 10.6. The molecule has 0 radical (unpaired) electrons. The van der Waals surface area contributed by atoms with Gasteiger partial charge in [-0.05, 0) is 12.1 Å². The van der Waals surface area contributed by atoms with Gasteiger partial charge in [0, 0.05) is 0 Å². The van der Waals surface area contributed by atoms with Gasteiger partial charge < -0.3 is 4.42 Å². The molecule has 0 bridgehead atoms. The molecule has 90 valence electrons. The van der Waals surface area contributed by atoms with Crippen LogP contribution in [0.4, 0.5) is 17.6 Å². The largest absolute Gasteiger partial charge is 0.434 e. The molecule has 1 N–H and O–H groups in total. The van der Waals surface area contributed by atoms with Gasteiger partial charge in [-0.15, -0.1) is 5.10 Å². The topological polar surface area (TPSA) is 58.9 Å². The molecule has 0 fully saturated rings. The van der Waals surface area contributed by atoms with E-state index in [-0.39, 0.29) is 0 Å². The number of halogens is 4. The van der Waals surface area contributed by atoms with Crippen LogP contribution in [0.3, 0.4) is 0 Å². The Balaban J connectivity index is 2.61. The fourth-order valence-corrected chi connectivity index (χ4v) is 1.26. The van der Waals surface area contributed by atoms with Gasteiger partial charge in [0.1, 0.15) is 5.82 Å². The van der Waals surface area contributed by atoms with Crippen molar-refractivity contribution in [3.63, 3.8) is 0 Å². The molecular weight excluding hydrogens is 244 g/mol. The molecule has 0 saturated carbocycles. The number of hydrogen-bond donors (Lipinski definition) is 1. The van der Waals surface area contributed by atoms with Crippen LogP contribution in [0.1, 0.15) is 5.56 Å². The number of benzene rings is 1. The Bertz CT molecular complexity index is 600. The van der Waals surface area contributed by atoms with Crippen molar-refractivity contribution in [2.45, 2.75) is 6.18 Å². The molecule has 0 unspecified atom stereocenters. The van der Waals surface area contributed by atoms with Gasteiger partial charge in [0.15, 0.2) is 0 Å². The SMILES string of the molecule is O=c1[nH]nc(-c2cccc(C(F)(F)F)c2F)o1. The second kappa shape index (κ2) is 3.72. The molecule has 1 aromatic carbocycles. The first-order valence-electron chi connectivity index (χ1n) is 4.31. The van der Waals surface area contributed by atoms with Gasteiger partial charge in [-0.25, -0.2) is 14.3 Å². The zero-order valence-electron chi connectivity index (χ0n) is 8.01. The summed E-state index contributed by atoms with van der Waals surface area (Å²) in [5, 5.41) is 5.09. The van der Waals surface area contributed by atoms with Crippen molar-refractivity contribution in [2.24, 2.45) is 0 Å². The average Bonchev–Trinajstić information content (AvgIpc) is 2.63. The summed E-state index contributed by atoms with van der Waals surface area (Å²) in [5.74, 6) is -3.04. The van der Waals surface area contributed by atoms with Crippen LogP contribution in [0.15, 0.2) is 27.4 Å². The van der Waals surface area contributed by atoms with Gasteiger partial charge in [0.2, 0.25) is 0 Å². The minimum atomic E-state index is -4.82. The molecular formula is C9H4F4N2O2. The first-order chi connectivity index (χ1) is 7.89. The summed E-state index contributed by atoms with van der Waals surface area (Å²) in [6.07, 6.45) is -4.82. The maximum absolute atomic E-state index is 13.5. The lowest BCUT2D eigenvalue weighted by Gasteiger charge is -2.08. The quantitative estimate of drug-likeness (QED) is 0.787. The van der Waals surface area contributed by atoms with E-state index >= 15 is 0 Å². The number of rotatable bonds is 1. The van der Waals surface area contributed by atoms with Gasteiger partial charge in [-0.3, -0.25) is 0 Å². The third-order valence-corrected chi connectivity index (χ3v) is 1.97. The monoisotopic (exact) mass is 248 g/mol. The highest BCUT2D eigenvalue weighted by molar-refractivity contribution is 5.55. The van der Waals surface area contributed by atoms with Crippen molar-refractivity contribution in [3.05, 3.63) is 40.1 Å². The molecule has 2 aromatic rings. The van der Waals surface area contributed by atoms with Gasteiger partial charge >= 0.3 is 11.9 Å². The Labute approximate surface area is 90.9 Å². The second-order valence-corrected chi connectivity index (χ2v) is 3.08. The van der Waals surface area contributed by atoms with Crippen molar-refractivity contribution in [3.8, 4) is 11.5 Å². The first-order valence-corrected chi connectivity index (χ1v) is 4.31. The number of alkyl halides is 3. The third kappa shape index (κ3) is 2.05. The van der Waals surface area contributed by atoms with Crippen molar-refractivity contribution in [1.29, 1.82) is 0 Å². The molecule has 0 atom stereocenters. The fraction of sp³-hybridized carbons (Fsp3) is 0.111. The van der Waals surface area contributed by atoms with Crippen molar-refractivity contribution < 1.29 is 22.0 Å². The second-order valence-electron chi connectivity index (χ2n) is 3.08. The van der Waals surface area contributed by atoms with E-state index in [1.54, 1.807) is 0 Å². The fourth-order valence-electron chi connectivity index (χ4n) is 1.26. The molecule has 0 aliphatic heterocycles. The molecule has 0 aliphatic carbocycles. The maximum Gasteiger partial charge on any atom is 0.434 e. The minimum Gasteiger partial charge on any atom is -0.388 e. The van der Waals surface area contributed by atoms with Crippen LogP contribution in [0.2, 0.25) is 0 Å². The molecule has 0 spiro atoms. The number of aromatic nitrogens is 2. The van der Waals surface area contributed by atoms with E-state index < -0.39 is 34.8 Å². The van der Waals surface area contributed by atoms with Crippen molar-refractivity contribution in [1.82, 2.24) is 10.2 Å². The van der Waals surface area contributed by atoms with Gasteiger partial charge in [-0.2, -0.15) is 13.2 Å². The van der Waals surface area contributed by atoms with Crippen LogP contribution in [-0.4, -0.2) is 10.2 Å². The normalized spacial score (nSPS) is 11.8. The Kier molecular flexibility index (Phi) is 2.49. The van der Waals surface area contributed by atoms with E-state index in [2.05, 4.69) is 9.52 Å². The molecule has 17 heavy (non-hydrogen) atoms. The van der Waals surface area contributed by atoms with E-state index in [4.69, 9.17) is 0 Å². The molecule has 2 rings (SSSR count). The summed E-state index contributed by atoms with van der Waals surface area (Å²) < 4.78 is 55.1. The number of aromatic amines is 1. The summed E-state index contributed by atoms with van der Waals surface area (Å²) >= 11 is 0. The maximum atomic E-state index is 13.5. The first kappa shape index (κ1) is 11.4. The molecule has 1 heterocycles. The number of H-pyrrole nitrogens is 1. The summed E-state index contributed by atoms with van der Waals surface area (Å²) in [5.41, 5.74) is -1.97. The Morgan fingerprint density at radius 1 is 1.29 bits per heavy atom. The molecule has 0 amide bonds. The molecule has 8 heteroatoms. The summed E-state index contributed by atoms with van der Waals surface area (Å²) in [7, 11) is 0. The Hall–Kier alpha value is -2.12. The number of nitrogens with one attached hydrogen (secondary N) is 1. The van der Waals surface area contributed by atoms with Gasteiger partial charge in [-0.1, -0.05) is 6.07 Å². The lowest BCUT2D eigenvalue weighted by Crippen LogP contribution is -2.08. The average molecular weight is 248 g/mol. The number of nitrogens with zero attached hydrogens (tertiary/aromatic N) is 1. The highest BCUT2D eigenvalue weighted by atomic mass is 19.4. The van der Waals surface area contributed by atoms with Gasteiger partial charge in [0.25, 0.3) is 5.89 Å². The number of hydrogen-bond acceptors (Lipinski definition) is 3. The predicted octanol–water partition coefficient (Wildman–Crippen LogP) is 2.19. The standard InChI is InChI=1S/C9H4F4N2O2/c10-6-4(7-14-15-8(16)17-7)2-1-3-5(6)9(11,12)13/h1-3H,(H,15,16). The zero-order chi connectivity index (χ0) is 12.6. The van der Waals surface area contributed by atoms with E-state index in [0.29, 0.717) is 6.07 Å². The van der Waals surface area contributed by atoms with E-state index in [9.17, 15) is 22.4 Å². The molecule has 1 aromatic heterocycles. The Morgan fingerprint density at radius 2 is 2.00 bits per heavy atom. The van der Waals surface area contributed by atoms with Gasteiger partial charge in [0.05, 0.1) is 11.1 Å². The molecule has 0 aliphatic rings. The van der Waals surface area contributed by atoms with Crippen LogP contribution >= 0.6 is 0 Å². The van der Waals surface area contributed by atoms with E-state index in [0.717, 1.165) is 12.1 Å². The van der Waals surface area contributed by atoms with E-state index in [1.807, 2.05) is 5.10 Å². The minimum absolute atomic E-state index is 0.529. The molecule has 0 saturated heterocycles.